The number of pyridine rings is 1. The molecule has 0 spiro atoms. The number of halogens is 1. The Morgan fingerprint density at radius 2 is 2.07 bits per heavy atom. The van der Waals surface area contributed by atoms with E-state index >= 15 is 0 Å². The summed E-state index contributed by atoms with van der Waals surface area (Å²) in [7, 11) is -0.614. The highest BCUT2D eigenvalue weighted by atomic mass is 79.9. The second kappa shape index (κ2) is 4.40. The standard InChI is InChI=1S/C9H11BrN2OS/c10-8-5-9(7-11-6-8)12-1-3-14(13)4-2-12/h5-7H,1-4H2. The SMILES string of the molecule is O=S1CCN(c2cncc(Br)c2)CC1. The van der Waals surface area contributed by atoms with Crippen LogP contribution < -0.4 is 4.90 Å². The van der Waals surface area contributed by atoms with Crippen molar-refractivity contribution in [2.24, 2.45) is 0 Å². The number of nitrogens with zero attached hydrogens (tertiary/aromatic N) is 2. The summed E-state index contributed by atoms with van der Waals surface area (Å²) in [5.74, 6) is 1.54. The molecule has 1 aliphatic heterocycles. The first-order valence-electron chi connectivity index (χ1n) is 4.46. The van der Waals surface area contributed by atoms with Gasteiger partial charge in [-0.3, -0.25) is 9.19 Å². The molecule has 1 aromatic heterocycles. The molecule has 0 atom stereocenters. The molecule has 2 rings (SSSR count). The van der Waals surface area contributed by atoms with Crippen LogP contribution in [-0.2, 0) is 10.8 Å². The molecular weight excluding hydrogens is 264 g/mol. The Morgan fingerprint density at radius 3 is 2.71 bits per heavy atom. The molecule has 0 aromatic carbocycles. The Labute approximate surface area is 94.1 Å². The van der Waals surface area contributed by atoms with E-state index in [0.29, 0.717) is 0 Å². The van der Waals surface area contributed by atoms with E-state index in [9.17, 15) is 4.21 Å². The Bertz CT molecular complexity index is 348. The van der Waals surface area contributed by atoms with E-state index in [2.05, 4.69) is 25.8 Å². The highest BCUT2D eigenvalue weighted by Gasteiger charge is 2.15. The van der Waals surface area contributed by atoms with Crippen LogP contribution in [0.15, 0.2) is 22.9 Å². The van der Waals surface area contributed by atoms with E-state index in [0.717, 1.165) is 34.8 Å². The van der Waals surface area contributed by atoms with Gasteiger partial charge in [0.25, 0.3) is 0 Å². The third kappa shape index (κ3) is 2.33. The van der Waals surface area contributed by atoms with Crippen LogP contribution in [0.3, 0.4) is 0 Å². The van der Waals surface area contributed by atoms with E-state index in [1.807, 2.05) is 12.3 Å². The molecule has 0 N–H and O–H groups in total. The zero-order valence-electron chi connectivity index (χ0n) is 7.65. The Hall–Kier alpha value is -0.420. The summed E-state index contributed by atoms with van der Waals surface area (Å²) in [6.45, 7) is 1.73. The lowest BCUT2D eigenvalue weighted by atomic mass is 10.3. The lowest BCUT2D eigenvalue weighted by Gasteiger charge is -2.28. The molecular formula is C9H11BrN2OS. The van der Waals surface area contributed by atoms with Crippen LogP contribution in [0.4, 0.5) is 5.69 Å². The summed E-state index contributed by atoms with van der Waals surface area (Å²) in [6, 6.07) is 2.04. The maximum Gasteiger partial charge on any atom is 0.0564 e. The fourth-order valence-corrected chi connectivity index (χ4v) is 2.87. The van der Waals surface area contributed by atoms with Crippen LogP contribution in [0.1, 0.15) is 0 Å². The van der Waals surface area contributed by atoms with E-state index in [-0.39, 0.29) is 0 Å². The van der Waals surface area contributed by atoms with Crippen LogP contribution >= 0.6 is 15.9 Å². The molecule has 3 nitrogen and oxygen atoms in total. The zero-order valence-corrected chi connectivity index (χ0v) is 10.1. The van der Waals surface area contributed by atoms with Gasteiger partial charge in [-0.2, -0.15) is 0 Å². The van der Waals surface area contributed by atoms with Crippen molar-refractivity contribution in [1.29, 1.82) is 0 Å². The molecule has 14 heavy (non-hydrogen) atoms. The molecule has 5 heteroatoms. The lowest BCUT2D eigenvalue weighted by Crippen LogP contribution is -2.37. The maximum absolute atomic E-state index is 11.2. The predicted octanol–water partition coefficient (Wildman–Crippen LogP) is 1.41. The van der Waals surface area contributed by atoms with Crippen molar-refractivity contribution in [1.82, 2.24) is 4.98 Å². The Balaban J connectivity index is 2.12. The topological polar surface area (TPSA) is 33.2 Å². The Morgan fingerprint density at radius 1 is 1.36 bits per heavy atom. The molecule has 0 saturated carbocycles. The third-order valence-electron chi connectivity index (χ3n) is 2.23. The van der Waals surface area contributed by atoms with E-state index in [4.69, 9.17) is 0 Å². The van der Waals surface area contributed by atoms with Gasteiger partial charge in [-0.25, -0.2) is 0 Å². The molecule has 0 radical (unpaired) electrons. The molecule has 0 aliphatic carbocycles. The summed E-state index contributed by atoms with van der Waals surface area (Å²) >= 11 is 3.39. The molecule has 0 amide bonds. The summed E-state index contributed by atoms with van der Waals surface area (Å²) in [4.78, 5) is 6.34. The number of rotatable bonds is 1. The van der Waals surface area contributed by atoms with Crippen LogP contribution in [0.2, 0.25) is 0 Å². The average Bonchev–Trinajstić information content (AvgIpc) is 2.19. The normalized spacial score (nSPS) is 18.5. The van der Waals surface area contributed by atoms with Gasteiger partial charge in [-0.1, -0.05) is 0 Å². The highest BCUT2D eigenvalue weighted by molar-refractivity contribution is 9.10. The van der Waals surface area contributed by atoms with Crippen LogP contribution in [0, 0.1) is 0 Å². The second-order valence-corrected chi connectivity index (χ2v) is 5.81. The van der Waals surface area contributed by atoms with Crippen molar-refractivity contribution in [3.05, 3.63) is 22.9 Å². The molecule has 0 unspecified atom stereocenters. The molecule has 0 bridgehead atoms. The quantitative estimate of drug-likeness (QED) is 0.777. The van der Waals surface area contributed by atoms with Crippen molar-refractivity contribution in [3.63, 3.8) is 0 Å². The summed E-state index contributed by atoms with van der Waals surface area (Å²) in [5, 5.41) is 0. The van der Waals surface area contributed by atoms with Crippen molar-refractivity contribution < 1.29 is 4.21 Å². The van der Waals surface area contributed by atoms with E-state index in [1.54, 1.807) is 6.20 Å². The third-order valence-corrected chi connectivity index (χ3v) is 3.94. The molecule has 76 valence electrons. The van der Waals surface area contributed by atoms with Gasteiger partial charge in [-0.05, 0) is 22.0 Å². The van der Waals surface area contributed by atoms with Gasteiger partial charge in [0.15, 0.2) is 0 Å². The minimum Gasteiger partial charge on any atom is -0.368 e. The molecule has 1 aromatic rings. The summed E-state index contributed by atoms with van der Waals surface area (Å²) in [6.07, 6.45) is 3.62. The van der Waals surface area contributed by atoms with Gasteiger partial charge < -0.3 is 4.90 Å². The van der Waals surface area contributed by atoms with Crippen LogP contribution in [0.5, 0.6) is 0 Å². The van der Waals surface area contributed by atoms with Crippen LogP contribution in [-0.4, -0.2) is 33.8 Å². The first-order chi connectivity index (χ1) is 6.75. The van der Waals surface area contributed by atoms with E-state index in [1.165, 1.54) is 0 Å². The van der Waals surface area contributed by atoms with E-state index < -0.39 is 10.8 Å². The fourth-order valence-electron chi connectivity index (χ4n) is 1.47. The number of hydrogen-bond donors (Lipinski definition) is 0. The molecule has 2 heterocycles. The molecule has 1 saturated heterocycles. The van der Waals surface area contributed by atoms with Crippen molar-refractivity contribution in [3.8, 4) is 0 Å². The van der Waals surface area contributed by atoms with Gasteiger partial charge >= 0.3 is 0 Å². The van der Waals surface area contributed by atoms with Crippen molar-refractivity contribution in [2.75, 3.05) is 29.5 Å². The largest absolute Gasteiger partial charge is 0.368 e. The first-order valence-corrected chi connectivity index (χ1v) is 6.74. The number of aromatic nitrogens is 1. The number of hydrogen-bond acceptors (Lipinski definition) is 3. The van der Waals surface area contributed by atoms with Gasteiger partial charge in [-0.15, -0.1) is 0 Å². The van der Waals surface area contributed by atoms with Gasteiger partial charge in [0, 0.05) is 46.1 Å². The van der Waals surface area contributed by atoms with Gasteiger partial charge in [0.05, 0.1) is 11.9 Å². The highest BCUT2D eigenvalue weighted by Crippen LogP contribution is 2.19. The smallest absolute Gasteiger partial charge is 0.0564 e. The monoisotopic (exact) mass is 274 g/mol. The minimum absolute atomic E-state index is 0.614. The predicted molar refractivity (Wildman–Crippen MR) is 62.0 cm³/mol. The van der Waals surface area contributed by atoms with Gasteiger partial charge in [0.1, 0.15) is 0 Å². The molecule has 1 aliphatic rings. The lowest BCUT2D eigenvalue weighted by molar-refractivity contribution is 0.673. The second-order valence-electron chi connectivity index (χ2n) is 3.20. The van der Waals surface area contributed by atoms with Crippen molar-refractivity contribution in [2.45, 2.75) is 0 Å². The Kier molecular flexibility index (Phi) is 3.18. The summed E-state index contributed by atoms with van der Waals surface area (Å²) in [5.41, 5.74) is 1.11. The van der Waals surface area contributed by atoms with Crippen LogP contribution in [0.25, 0.3) is 0 Å². The van der Waals surface area contributed by atoms with Gasteiger partial charge in [0.2, 0.25) is 0 Å². The first kappa shape index (κ1) is 10.1. The minimum atomic E-state index is -0.614. The maximum atomic E-state index is 11.2. The van der Waals surface area contributed by atoms with Crippen molar-refractivity contribution >= 4 is 32.4 Å². The average molecular weight is 275 g/mol. The summed E-state index contributed by atoms with van der Waals surface area (Å²) < 4.78 is 12.2. The zero-order chi connectivity index (χ0) is 9.97. The molecule has 1 fully saturated rings. The number of anilines is 1. The fraction of sp³-hybridized carbons (Fsp3) is 0.444.